The first kappa shape index (κ1) is 13.8. The zero-order chi connectivity index (χ0) is 12.7. The summed E-state index contributed by atoms with van der Waals surface area (Å²) in [4.78, 5) is 11.7. The van der Waals surface area contributed by atoms with E-state index in [9.17, 15) is 4.79 Å². The third-order valence-corrected chi connectivity index (χ3v) is 3.59. The van der Waals surface area contributed by atoms with Gasteiger partial charge in [0.25, 0.3) is 0 Å². The maximum Gasteiger partial charge on any atom is 0.150 e. The first-order valence-corrected chi connectivity index (χ1v) is 6.65. The molecule has 0 N–H and O–H groups in total. The van der Waals surface area contributed by atoms with Crippen LogP contribution >= 0.6 is 11.8 Å². The van der Waals surface area contributed by atoms with Crippen LogP contribution in [-0.2, 0) is 0 Å². The molecule has 0 heterocycles. The number of nitrogens with zero attached hydrogens (tertiary/aromatic N) is 1. The van der Waals surface area contributed by atoms with Gasteiger partial charge in [0.2, 0.25) is 0 Å². The highest BCUT2D eigenvalue weighted by atomic mass is 32.2. The maximum atomic E-state index is 10.6. The van der Waals surface area contributed by atoms with Crippen LogP contribution in [-0.4, -0.2) is 12.0 Å². The molecule has 17 heavy (non-hydrogen) atoms. The summed E-state index contributed by atoms with van der Waals surface area (Å²) in [5.41, 5.74) is 0.484. The number of thioether (sulfide) groups is 1. The normalized spacial score (nSPS) is 10.9. The highest BCUT2D eigenvalue weighted by Gasteiger charge is 2.15. The van der Waals surface area contributed by atoms with E-state index in [0.717, 1.165) is 29.8 Å². The summed E-state index contributed by atoms with van der Waals surface area (Å²) in [6.07, 6.45) is 2.78. The Kier molecular flexibility index (Phi) is 5.24. The molecule has 0 aliphatic carbocycles. The number of benzene rings is 1. The van der Waals surface area contributed by atoms with Gasteiger partial charge in [-0.1, -0.05) is 12.1 Å². The predicted molar refractivity (Wildman–Crippen MR) is 71.2 cm³/mol. The van der Waals surface area contributed by atoms with Gasteiger partial charge in [0.05, 0.1) is 11.5 Å². The summed E-state index contributed by atoms with van der Waals surface area (Å²) >= 11 is 1.73. The van der Waals surface area contributed by atoms with Crippen molar-refractivity contribution in [2.45, 2.75) is 31.6 Å². The number of hydrogen-bond acceptors (Lipinski definition) is 3. The molecule has 0 atom stereocenters. The van der Waals surface area contributed by atoms with Crippen molar-refractivity contribution in [3.8, 4) is 6.07 Å². The first-order chi connectivity index (χ1) is 8.07. The van der Waals surface area contributed by atoms with E-state index in [1.165, 1.54) is 0 Å². The number of rotatable bonds is 6. The molecule has 0 saturated carbocycles. The Hall–Kier alpha value is -1.27. The second-order valence-corrected chi connectivity index (χ2v) is 5.81. The number of carbonyl (C=O) groups excluding carboxylic acids is 1. The van der Waals surface area contributed by atoms with Crippen molar-refractivity contribution in [1.82, 2.24) is 0 Å². The van der Waals surface area contributed by atoms with Crippen LogP contribution in [0.5, 0.6) is 0 Å². The van der Waals surface area contributed by atoms with E-state index in [1.54, 1.807) is 17.8 Å². The standard InChI is InChI=1S/C14H17NOS/c1-14(2,11-15)7-4-8-17-13-6-3-5-12(9-13)10-16/h3,5-6,9-10H,4,7-8H2,1-2H3. The molecule has 3 heteroatoms. The molecule has 1 rings (SSSR count). The molecular formula is C14H17NOS. The van der Waals surface area contributed by atoms with E-state index >= 15 is 0 Å². The van der Waals surface area contributed by atoms with Crippen LogP contribution in [0.4, 0.5) is 0 Å². The predicted octanol–water partition coefficient (Wildman–Crippen LogP) is 3.92. The fraction of sp³-hybridized carbons (Fsp3) is 0.429. The van der Waals surface area contributed by atoms with E-state index in [2.05, 4.69) is 6.07 Å². The van der Waals surface area contributed by atoms with E-state index in [4.69, 9.17) is 5.26 Å². The average molecular weight is 247 g/mol. The third kappa shape index (κ3) is 5.06. The largest absolute Gasteiger partial charge is 0.298 e. The van der Waals surface area contributed by atoms with Gasteiger partial charge in [0.1, 0.15) is 6.29 Å². The van der Waals surface area contributed by atoms with Crippen LogP contribution in [0, 0.1) is 16.7 Å². The number of hydrogen-bond donors (Lipinski definition) is 0. The Morgan fingerprint density at radius 1 is 1.47 bits per heavy atom. The topological polar surface area (TPSA) is 40.9 Å². The minimum Gasteiger partial charge on any atom is -0.298 e. The summed E-state index contributed by atoms with van der Waals surface area (Å²) < 4.78 is 0. The molecule has 0 saturated heterocycles. The summed E-state index contributed by atoms with van der Waals surface area (Å²) in [5.74, 6) is 0.980. The van der Waals surface area contributed by atoms with Crippen molar-refractivity contribution in [3.05, 3.63) is 29.8 Å². The van der Waals surface area contributed by atoms with Gasteiger partial charge in [0.15, 0.2) is 0 Å². The molecule has 0 unspecified atom stereocenters. The first-order valence-electron chi connectivity index (χ1n) is 5.67. The van der Waals surface area contributed by atoms with Gasteiger partial charge < -0.3 is 0 Å². The minimum absolute atomic E-state index is 0.231. The lowest BCUT2D eigenvalue weighted by Gasteiger charge is -2.13. The van der Waals surface area contributed by atoms with Crippen LogP contribution in [0.2, 0.25) is 0 Å². The summed E-state index contributed by atoms with van der Waals surface area (Å²) in [6.45, 7) is 3.93. The lowest BCUT2D eigenvalue weighted by Crippen LogP contribution is -2.07. The molecule has 0 aromatic heterocycles. The monoisotopic (exact) mass is 247 g/mol. The molecule has 1 aromatic carbocycles. The van der Waals surface area contributed by atoms with Crippen LogP contribution in [0.1, 0.15) is 37.0 Å². The summed E-state index contributed by atoms with van der Waals surface area (Å²) in [6, 6.07) is 9.90. The van der Waals surface area contributed by atoms with Crippen LogP contribution in [0.15, 0.2) is 29.2 Å². The zero-order valence-corrected chi connectivity index (χ0v) is 11.1. The Labute approximate surface area is 107 Å². The smallest absolute Gasteiger partial charge is 0.150 e. The minimum atomic E-state index is -0.231. The van der Waals surface area contributed by atoms with Crippen molar-refractivity contribution < 1.29 is 4.79 Å². The molecule has 1 aromatic rings. The van der Waals surface area contributed by atoms with Crippen LogP contribution in [0.25, 0.3) is 0 Å². The van der Waals surface area contributed by atoms with Gasteiger partial charge in [-0.3, -0.25) is 4.79 Å². The van der Waals surface area contributed by atoms with Crippen molar-refractivity contribution in [2.24, 2.45) is 5.41 Å². The summed E-state index contributed by atoms with van der Waals surface area (Å²) in [7, 11) is 0. The lowest BCUT2D eigenvalue weighted by molar-refractivity contribution is 0.112. The fourth-order valence-corrected chi connectivity index (χ4v) is 2.36. The quantitative estimate of drug-likeness (QED) is 0.434. The SMILES string of the molecule is CC(C)(C#N)CCCSc1cccc(C=O)c1. The van der Waals surface area contributed by atoms with Crippen LogP contribution < -0.4 is 0 Å². The highest BCUT2D eigenvalue weighted by Crippen LogP contribution is 2.25. The molecule has 0 amide bonds. The molecule has 0 aliphatic heterocycles. The Morgan fingerprint density at radius 2 is 2.24 bits per heavy atom. The van der Waals surface area contributed by atoms with Gasteiger partial charge >= 0.3 is 0 Å². The van der Waals surface area contributed by atoms with E-state index in [0.29, 0.717) is 5.56 Å². The Morgan fingerprint density at radius 3 is 2.88 bits per heavy atom. The highest BCUT2D eigenvalue weighted by molar-refractivity contribution is 7.99. The molecule has 90 valence electrons. The van der Waals surface area contributed by atoms with Crippen molar-refractivity contribution in [2.75, 3.05) is 5.75 Å². The lowest BCUT2D eigenvalue weighted by atomic mass is 9.90. The van der Waals surface area contributed by atoms with Crippen molar-refractivity contribution in [1.29, 1.82) is 5.26 Å². The second-order valence-electron chi connectivity index (χ2n) is 4.64. The molecule has 0 aliphatic rings. The molecule has 2 nitrogen and oxygen atoms in total. The van der Waals surface area contributed by atoms with Gasteiger partial charge in [0, 0.05) is 10.5 Å². The molecular weight excluding hydrogens is 230 g/mol. The van der Waals surface area contributed by atoms with E-state index in [1.807, 2.05) is 32.0 Å². The van der Waals surface area contributed by atoms with Crippen LogP contribution in [0.3, 0.4) is 0 Å². The van der Waals surface area contributed by atoms with Gasteiger partial charge in [-0.25, -0.2) is 0 Å². The zero-order valence-electron chi connectivity index (χ0n) is 10.3. The van der Waals surface area contributed by atoms with Gasteiger partial charge in [-0.2, -0.15) is 5.26 Å². The number of aldehydes is 1. The molecule has 0 spiro atoms. The van der Waals surface area contributed by atoms with E-state index < -0.39 is 0 Å². The number of carbonyl (C=O) groups is 1. The maximum absolute atomic E-state index is 10.6. The number of nitriles is 1. The van der Waals surface area contributed by atoms with Crippen molar-refractivity contribution >= 4 is 18.0 Å². The van der Waals surface area contributed by atoms with E-state index in [-0.39, 0.29) is 5.41 Å². The summed E-state index contributed by atoms with van der Waals surface area (Å²) in [5, 5.41) is 8.88. The second kappa shape index (κ2) is 6.46. The van der Waals surface area contributed by atoms with Gasteiger partial charge in [-0.05, 0) is 44.6 Å². The van der Waals surface area contributed by atoms with Crippen molar-refractivity contribution in [3.63, 3.8) is 0 Å². The third-order valence-electron chi connectivity index (χ3n) is 2.51. The fourth-order valence-electron chi connectivity index (χ4n) is 1.44. The Balaban J connectivity index is 2.36. The Bertz CT molecular complexity index is 420. The molecule has 0 fully saturated rings. The molecule has 0 bridgehead atoms. The van der Waals surface area contributed by atoms with Gasteiger partial charge in [-0.15, -0.1) is 11.8 Å². The average Bonchev–Trinajstić information content (AvgIpc) is 2.35. The molecule has 0 radical (unpaired) electrons.